The second-order valence-corrected chi connectivity index (χ2v) is 6.22. The standard InChI is InChI=1S/C20H25N3O2/c1-13-5-10-18(14(2)11-13)23-20(25)15(3)22-17-8-6-16(7-9-17)12-19(24)21-4/h5-11,15,22H,12H2,1-4H3,(H,21,24)(H,23,25). The van der Waals surface area contributed by atoms with E-state index in [9.17, 15) is 9.59 Å². The summed E-state index contributed by atoms with van der Waals surface area (Å²) in [6, 6.07) is 13.1. The molecule has 1 unspecified atom stereocenters. The molecule has 0 radical (unpaired) electrons. The van der Waals surface area contributed by atoms with Gasteiger partial charge in [0.05, 0.1) is 6.42 Å². The van der Waals surface area contributed by atoms with Crippen molar-refractivity contribution in [3.63, 3.8) is 0 Å². The third-order valence-corrected chi connectivity index (χ3v) is 4.01. The molecule has 2 rings (SSSR count). The summed E-state index contributed by atoms with van der Waals surface area (Å²) in [5.74, 6) is -0.122. The second kappa shape index (κ2) is 8.33. The third-order valence-electron chi connectivity index (χ3n) is 4.01. The molecule has 1 atom stereocenters. The number of rotatable bonds is 6. The van der Waals surface area contributed by atoms with Crippen molar-refractivity contribution in [2.75, 3.05) is 17.7 Å². The number of carbonyl (C=O) groups is 2. The van der Waals surface area contributed by atoms with Crippen LogP contribution in [0.3, 0.4) is 0 Å². The van der Waals surface area contributed by atoms with Crippen LogP contribution < -0.4 is 16.0 Å². The van der Waals surface area contributed by atoms with Gasteiger partial charge in [0.1, 0.15) is 6.04 Å². The molecule has 0 spiro atoms. The van der Waals surface area contributed by atoms with Crippen molar-refractivity contribution in [2.24, 2.45) is 0 Å². The Hall–Kier alpha value is -2.82. The van der Waals surface area contributed by atoms with Crippen LogP contribution in [0.5, 0.6) is 0 Å². The second-order valence-electron chi connectivity index (χ2n) is 6.22. The summed E-state index contributed by atoms with van der Waals surface area (Å²) in [7, 11) is 1.62. The van der Waals surface area contributed by atoms with Crippen LogP contribution in [0.4, 0.5) is 11.4 Å². The minimum atomic E-state index is -0.384. The van der Waals surface area contributed by atoms with Crippen molar-refractivity contribution in [2.45, 2.75) is 33.2 Å². The highest BCUT2D eigenvalue weighted by Crippen LogP contribution is 2.17. The van der Waals surface area contributed by atoms with Crippen LogP contribution >= 0.6 is 0 Å². The van der Waals surface area contributed by atoms with E-state index in [-0.39, 0.29) is 17.9 Å². The first-order chi connectivity index (χ1) is 11.9. The molecule has 0 heterocycles. The van der Waals surface area contributed by atoms with E-state index in [1.165, 1.54) is 5.56 Å². The number of carbonyl (C=O) groups excluding carboxylic acids is 2. The van der Waals surface area contributed by atoms with Gasteiger partial charge in [-0.25, -0.2) is 0 Å². The lowest BCUT2D eigenvalue weighted by Gasteiger charge is -2.17. The Kier molecular flexibility index (Phi) is 6.17. The van der Waals surface area contributed by atoms with Crippen molar-refractivity contribution >= 4 is 23.2 Å². The van der Waals surface area contributed by atoms with E-state index >= 15 is 0 Å². The van der Waals surface area contributed by atoms with Gasteiger partial charge in [0.25, 0.3) is 0 Å². The van der Waals surface area contributed by atoms with Crippen LogP contribution in [0.25, 0.3) is 0 Å². The first-order valence-electron chi connectivity index (χ1n) is 8.33. The summed E-state index contributed by atoms with van der Waals surface area (Å²) < 4.78 is 0. The zero-order chi connectivity index (χ0) is 18.4. The van der Waals surface area contributed by atoms with Gasteiger partial charge in [-0.15, -0.1) is 0 Å². The Labute approximate surface area is 148 Å². The number of hydrogen-bond acceptors (Lipinski definition) is 3. The molecule has 0 bridgehead atoms. The maximum Gasteiger partial charge on any atom is 0.246 e. The molecule has 0 aliphatic heterocycles. The number of hydrogen-bond donors (Lipinski definition) is 3. The Balaban J connectivity index is 1.95. The van der Waals surface area contributed by atoms with Crippen molar-refractivity contribution < 1.29 is 9.59 Å². The number of nitrogens with one attached hydrogen (secondary N) is 3. The number of likely N-dealkylation sites (N-methyl/N-ethyl adjacent to an activating group) is 1. The highest BCUT2D eigenvalue weighted by molar-refractivity contribution is 5.96. The zero-order valence-corrected chi connectivity index (χ0v) is 15.1. The predicted molar refractivity (Wildman–Crippen MR) is 102 cm³/mol. The third kappa shape index (κ3) is 5.35. The molecule has 5 nitrogen and oxygen atoms in total. The Bertz CT molecular complexity index is 754. The summed E-state index contributed by atoms with van der Waals surface area (Å²) >= 11 is 0. The lowest BCUT2D eigenvalue weighted by Crippen LogP contribution is -2.32. The zero-order valence-electron chi connectivity index (χ0n) is 15.1. The quantitative estimate of drug-likeness (QED) is 0.758. The highest BCUT2D eigenvalue weighted by Gasteiger charge is 2.14. The molecule has 3 N–H and O–H groups in total. The fraction of sp³-hybridized carbons (Fsp3) is 0.300. The smallest absolute Gasteiger partial charge is 0.246 e. The Morgan fingerprint density at radius 1 is 1.04 bits per heavy atom. The molecule has 2 amide bonds. The molecular weight excluding hydrogens is 314 g/mol. The molecule has 0 aliphatic carbocycles. The Morgan fingerprint density at radius 3 is 2.32 bits per heavy atom. The van der Waals surface area contributed by atoms with Gasteiger partial charge in [-0.3, -0.25) is 9.59 Å². The van der Waals surface area contributed by atoms with Gasteiger partial charge in [-0.1, -0.05) is 29.8 Å². The predicted octanol–water partition coefficient (Wildman–Crippen LogP) is 3.03. The van der Waals surface area contributed by atoms with Crippen LogP contribution in [0.2, 0.25) is 0 Å². The van der Waals surface area contributed by atoms with E-state index in [2.05, 4.69) is 16.0 Å². The summed E-state index contributed by atoms with van der Waals surface area (Å²) in [5, 5.41) is 8.72. The average Bonchev–Trinajstić information content (AvgIpc) is 2.58. The first kappa shape index (κ1) is 18.5. The molecule has 0 fully saturated rings. The minimum Gasteiger partial charge on any atom is -0.374 e. The van der Waals surface area contributed by atoms with Gasteiger partial charge >= 0.3 is 0 Å². The van der Waals surface area contributed by atoms with Gasteiger partial charge in [0.15, 0.2) is 0 Å². The SMILES string of the molecule is CNC(=O)Cc1ccc(NC(C)C(=O)Nc2ccc(C)cc2C)cc1. The molecule has 25 heavy (non-hydrogen) atoms. The van der Waals surface area contributed by atoms with Crippen molar-refractivity contribution in [1.82, 2.24) is 5.32 Å². The van der Waals surface area contributed by atoms with Gasteiger partial charge in [-0.05, 0) is 50.1 Å². The normalized spacial score (nSPS) is 11.5. The van der Waals surface area contributed by atoms with E-state index in [1.807, 2.05) is 63.2 Å². The molecule has 5 heteroatoms. The molecule has 2 aromatic rings. The number of amides is 2. The maximum absolute atomic E-state index is 12.4. The molecule has 2 aromatic carbocycles. The fourth-order valence-electron chi connectivity index (χ4n) is 2.50. The summed E-state index contributed by atoms with van der Waals surface area (Å²) in [6.45, 7) is 5.82. The van der Waals surface area contributed by atoms with E-state index in [1.54, 1.807) is 7.05 Å². The van der Waals surface area contributed by atoms with Crippen LogP contribution in [0.15, 0.2) is 42.5 Å². The number of aryl methyl sites for hydroxylation is 2. The van der Waals surface area contributed by atoms with Crippen LogP contribution in [-0.4, -0.2) is 24.9 Å². The monoisotopic (exact) mass is 339 g/mol. The van der Waals surface area contributed by atoms with Crippen LogP contribution in [-0.2, 0) is 16.0 Å². The van der Waals surface area contributed by atoms with E-state index in [0.717, 1.165) is 22.5 Å². The van der Waals surface area contributed by atoms with E-state index < -0.39 is 0 Å². The van der Waals surface area contributed by atoms with Gasteiger partial charge in [0, 0.05) is 18.4 Å². The van der Waals surface area contributed by atoms with Crippen molar-refractivity contribution in [3.8, 4) is 0 Å². The average molecular weight is 339 g/mol. The summed E-state index contributed by atoms with van der Waals surface area (Å²) in [6.07, 6.45) is 0.347. The van der Waals surface area contributed by atoms with Crippen molar-refractivity contribution in [3.05, 3.63) is 59.2 Å². The van der Waals surface area contributed by atoms with E-state index in [4.69, 9.17) is 0 Å². The van der Waals surface area contributed by atoms with Crippen molar-refractivity contribution in [1.29, 1.82) is 0 Å². The summed E-state index contributed by atoms with van der Waals surface area (Å²) in [4.78, 5) is 23.8. The molecule has 132 valence electrons. The molecule has 0 aliphatic rings. The lowest BCUT2D eigenvalue weighted by atomic mass is 10.1. The fourth-order valence-corrected chi connectivity index (χ4v) is 2.50. The Morgan fingerprint density at radius 2 is 1.72 bits per heavy atom. The topological polar surface area (TPSA) is 70.2 Å². The van der Waals surface area contributed by atoms with Crippen LogP contribution in [0.1, 0.15) is 23.6 Å². The maximum atomic E-state index is 12.4. The summed E-state index contributed by atoms with van der Waals surface area (Å²) in [5.41, 5.74) is 4.80. The molecule has 0 saturated heterocycles. The molecular formula is C20H25N3O2. The first-order valence-corrected chi connectivity index (χ1v) is 8.33. The molecule has 0 saturated carbocycles. The van der Waals surface area contributed by atoms with Gasteiger partial charge in [0.2, 0.25) is 11.8 Å². The van der Waals surface area contributed by atoms with Crippen LogP contribution in [0, 0.1) is 13.8 Å². The largest absolute Gasteiger partial charge is 0.374 e. The lowest BCUT2D eigenvalue weighted by molar-refractivity contribution is -0.120. The van der Waals surface area contributed by atoms with E-state index in [0.29, 0.717) is 6.42 Å². The van der Waals surface area contributed by atoms with Gasteiger partial charge < -0.3 is 16.0 Å². The number of benzene rings is 2. The molecule has 0 aromatic heterocycles. The highest BCUT2D eigenvalue weighted by atomic mass is 16.2. The van der Waals surface area contributed by atoms with Gasteiger partial charge in [-0.2, -0.15) is 0 Å². The number of anilines is 2. The minimum absolute atomic E-state index is 0.0260.